The van der Waals surface area contributed by atoms with Gasteiger partial charge < -0.3 is 9.47 Å². The number of hydrogen-bond donors (Lipinski definition) is 0. The van der Waals surface area contributed by atoms with Gasteiger partial charge in [-0.25, -0.2) is 4.79 Å². The van der Waals surface area contributed by atoms with Crippen molar-refractivity contribution in [3.8, 4) is 0 Å². The number of nitrogens with zero attached hydrogens (tertiary/aromatic N) is 2. The molecule has 3 aliphatic rings. The van der Waals surface area contributed by atoms with Gasteiger partial charge in [-0.05, 0) is 0 Å². The normalized spacial score (nSPS) is 32.5. The zero-order chi connectivity index (χ0) is 11.1. The van der Waals surface area contributed by atoms with Crippen molar-refractivity contribution in [1.82, 2.24) is 9.96 Å². The van der Waals surface area contributed by atoms with Gasteiger partial charge in [0.2, 0.25) is 0 Å². The van der Waals surface area contributed by atoms with E-state index in [9.17, 15) is 9.59 Å². The van der Waals surface area contributed by atoms with Gasteiger partial charge in [-0.2, -0.15) is 5.06 Å². The third-order valence-electron chi connectivity index (χ3n) is 2.63. The summed E-state index contributed by atoms with van der Waals surface area (Å²) < 4.78 is 9.94. The van der Waals surface area contributed by atoms with E-state index in [0.29, 0.717) is 26.4 Å². The lowest BCUT2D eigenvalue weighted by Crippen LogP contribution is -2.36. The van der Waals surface area contributed by atoms with Crippen molar-refractivity contribution in [2.75, 3.05) is 32.9 Å². The zero-order valence-electron chi connectivity index (χ0n) is 8.63. The second kappa shape index (κ2) is 3.69. The first-order chi connectivity index (χ1) is 7.74. The number of hydroxylamine groups is 2. The molecule has 0 saturated carbocycles. The second-order valence-electron chi connectivity index (χ2n) is 4.03. The van der Waals surface area contributed by atoms with Crippen LogP contribution in [0.3, 0.4) is 0 Å². The molecule has 3 amide bonds. The highest BCUT2D eigenvalue weighted by Crippen LogP contribution is 2.18. The molecule has 3 fully saturated rings. The first-order valence-corrected chi connectivity index (χ1v) is 5.22. The number of carbonyl (C=O) groups excluding carboxylic acids is 2. The van der Waals surface area contributed by atoms with Gasteiger partial charge in [0, 0.05) is 0 Å². The smallest absolute Gasteiger partial charge is 0.351 e. The maximum atomic E-state index is 11.7. The lowest BCUT2D eigenvalue weighted by Gasteiger charge is -2.15. The molecule has 16 heavy (non-hydrogen) atoms. The van der Waals surface area contributed by atoms with E-state index < -0.39 is 6.03 Å². The first-order valence-electron chi connectivity index (χ1n) is 5.22. The molecule has 0 radical (unpaired) electrons. The molecule has 0 aromatic carbocycles. The summed E-state index contributed by atoms with van der Waals surface area (Å²) in [5, 5.41) is 1.09. The largest absolute Gasteiger partial charge is 0.371 e. The Morgan fingerprint density at radius 2 is 1.94 bits per heavy atom. The van der Waals surface area contributed by atoms with Crippen molar-refractivity contribution in [2.24, 2.45) is 0 Å². The van der Waals surface area contributed by atoms with Crippen LogP contribution in [0.5, 0.6) is 0 Å². The number of imide groups is 1. The lowest BCUT2D eigenvalue weighted by molar-refractivity contribution is -0.133. The fourth-order valence-electron chi connectivity index (χ4n) is 1.51. The first kappa shape index (κ1) is 10.0. The van der Waals surface area contributed by atoms with E-state index in [1.54, 1.807) is 0 Å². The Bertz CT molecular complexity index is 326. The van der Waals surface area contributed by atoms with Crippen molar-refractivity contribution in [2.45, 2.75) is 12.2 Å². The maximum absolute atomic E-state index is 11.7. The number of urea groups is 1. The van der Waals surface area contributed by atoms with Crippen LogP contribution in [0, 0.1) is 0 Å². The van der Waals surface area contributed by atoms with Crippen LogP contribution in [-0.4, -0.2) is 67.0 Å². The molecule has 0 spiro atoms. The molecule has 3 heterocycles. The van der Waals surface area contributed by atoms with Gasteiger partial charge in [-0.15, -0.1) is 0 Å². The third-order valence-corrected chi connectivity index (χ3v) is 2.63. The van der Waals surface area contributed by atoms with Crippen LogP contribution in [-0.2, 0) is 19.1 Å². The van der Waals surface area contributed by atoms with E-state index in [0.717, 1.165) is 5.06 Å². The molecule has 3 aliphatic heterocycles. The van der Waals surface area contributed by atoms with Gasteiger partial charge in [0.25, 0.3) is 5.91 Å². The highest BCUT2D eigenvalue weighted by molar-refractivity contribution is 6.01. The summed E-state index contributed by atoms with van der Waals surface area (Å²) in [7, 11) is 0. The van der Waals surface area contributed by atoms with E-state index in [1.165, 1.54) is 4.90 Å². The van der Waals surface area contributed by atoms with Gasteiger partial charge in [0.15, 0.2) is 0 Å². The molecule has 0 aromatic rings. The molecule has 0 aliphatic carbocycles. The van der Waals surface area contributed by atoms with Crippen molar-refractivity contribution >= 4 is 11.9 Å². The average molecular weight is 228 g/mol. The van der Waals surface area contributed by atoms with Gasteiger partial charge in [0.05, 0.1) is 25.9 Å². The summed E-state index contributed by atoms with van der Waals surface area (Å²) in [6.07, 6.45) is 0.0864. The van der Waals surface area contributed by atoms with E-state index in [1.807, 2.05) is 0 Å². The molecule has 0 N–H and O–H groups in total. The maximum Gasteiger partial charge on any atom is 0.351 e. The minimum atomic E-state index is -0.402. The highest BCUT2D eigenvalue weighted by Gasteiger charge is 2.41. The SMILES string of the molecule is O=C1CN(OCC2CO2)C(=O)N1CC1CO1. The lowest BCUT2D eigenvalue weighted by atomic mass is 10.4. The van der Waals surface area contributed by atoms with Crippen LogP contribution in [0.1, 0.15) is 0 Å². The minimum absolute atomic E-state index is 0.0135. The van der Waals surface area contributed by atoms with Crippen LogP contribution in [0.4, 0.5) is 4.79 Å². The Labute approximate surface area is 91.8 Å². The molecule has 2 atom stereocenters. The van der Waals surface area contributed by atoms with E-state index in [-0.39, 0.29) is 24.7 Å². The second-order valence-corrected chi connectivity index (χ2v) is 4.03. The molecule has 3 rings (SSSR count). The number of epoxide rings is 2. The summed E-state index contributed by atoms with van der Waals surface area (Å²) in [5.74, 6) is -0.239. The molecule has 88 valence electrons. The molecule has 0 bridgehead atoms. The monoisotopic (exact) mass is 228 g/mol. The molecule has 7 heteroatoms. The summed E-state index contributed by atoms with van der Waals surface area (Å²) in [5.41, 5.74) is 0. The standard InChI is InChI=1S/C9H12N2O5/c12-8-2-11(16-5-7-4-15-7)9(13)10(8)1-6-3-14-6/h6-7H,1-5H2. The van der Waals surface area contributed by atoms with Crippen LogP contribution < -0.4 is 0 Å². The number of ether oxygens (including phenoxy) is 2. The van der Waals surface area contributed by atoms with E-state index in [4.69, 9.17) is 14.3 Å². The number of hydrogen-bond acceptors (Lipinski definition) is 5. The van der Waals surface area contributed by atoms with Gasteiger partial charge in [-0.1, -0.05) is 0 Å². The predicted octanol–water partition coefficient (Wildman–Crippen LogP) is -1.02. The number of carbonyl (C=O) groups is 2. The Morgan fingerprint density at radius 1 is 1.25 bits per heavy atom. The molecule has 7 nitrogen and oxygen atoms in total. The molecular weight excluding hydrogens is 216 g/mol. The third kappa shape index (κ3) is 2.01. The Morgan fingerprint density at radius 3 is 2.56 bits per heavy atom. The Hall–Kier alpha value is -1.18. The van der Waals surface area contributed by atoms with Crippen LogP contribution in [0.2, 0.25) is 0 Å². The highest BCUT2D eigenvalue weighted by atomic mass is 16.7. The Kier molecular flexibility index (Phi) is 2.31. The summed E-state index contributed by atoms with van der Waals surface area (Å²) in [6.45, 7) is 1.92. The predicted molar refractivity (Wildman–Crippen MR) is 49.2 cm³/mol. The number of amides is 3. The van der Waals surface area contributed by atoms with Crippen molar-refractivity contribution in [3.63, 3.8) is 0 Å². The number of rotatable bonds is 5. The van der Waals surface area contributed by atoms with Gasteiger partial charge in [0.1, 0.15) is 19.3 Å². The average Bonchev–Trinajstić information content (AvgIpc) is 3.13. The summed E-state index contributed by atoms with van der Waals surface area (Å²) in [4.78, 5) is 29.6. The van der Waals surface area contributed by atoms with Crippen LogP contribution in [0.25, 0.3) is 0 Å². The van der Waals surface area contributed by atoms with Crippen molar-refractivity contribution < 1.29 is 23.9 Å². The fourth-order valence-corrected chi connectivity index (χ4v) is 1.51. The van der Waals surface area contributed by atoms with Crippen molar-refractivity contribution in [3.05, 3.63) is 0 Å². The zero-order valence-corrected chi connectivity index (χ0v) is 8.63. The molecular formula is C9H12N2O5. The summed E-state index contributed by atoms with van der Waals surface area (Å²) >= 11 is 0. The molecule has 0 aromatic heterocycles. The minimum Gasteiger partial charge on any atom is -0.371 e. The van der Waals surface area contributed by atoms with Gasteiger partial charge >= 0.3 is 6.03 Å². The van der Waals surface area contributed by atoms with E-state index in [2.05, 4.69) is 0 Å². The molecule has 2 unspecified atom stereocenters. The Balaban J connectivity index is 1.54. The van der Waals surface area contributed by atoms with Crippen LogP contribution in [0.15, 0.2) is 0 Å². The summed E-state index contributed by atoms with van der Waals surface area (Å²) in [6, 6.07) is -0.402. The topological polar surface area (TPSA) is 74.9 Å². The van der Waals surface area contributed by atoms with Crippen LogP contribution >= 0.6 is 0 Å². The van der Waals surface area contributed by atoms with Crippen molar-refractivity contribution in [1.29, 1.82) is 0 Å². The fraction of sp³-hybridized carbons (Fsp3) is 0.778. The van der Waals surface area contributed by atoms with Gasteiger partial charge in [-0.3, -0.25) is 14.5 Å². The molecule has 3 saturated heterocycles. The van der Waals surface area contributed by atoms with E-state index >= 15 is 0 Å². The quantitative estimate of drug-likeness (QED) is 0.444.